The lowest BCUT2D eigenvalue weighted by molar-refractivity contribution is -0.148. The molecule has 5 rings (SSSR count). The number of piperazine rings is 1. The van der Waals surface area contributed by atoms with Crippen LogP contribution in [-0.2, 0) is 26.2 Å². The fourth-order valence-corrected chi connectivity index (χ4v) is 6.77. The molecule has 190 valence electrons. The first kappa shape index (κ1) is 24.0. The van der Waals surface area contributed by atoms with Gasteiger partial charge in [-0.05, 0) is 49.8 Å². The first-order valence-electron chi connectivity index (χ1n) is 12.1. The second-order valence-corrected chi connectivity index (χ2v) is 12.0. The molecule has 1 aromatic carbocycles. The molecule has 2 saturated heterocycles. The summed E-state index contributed by atoms with van der Waals surface area (Å²) in [5, 5.41) is 9.33. The SMILES string of the molecule is CCn1cnc2ccc(N3CCN(C(=O)C4C(C(=O)NO)CC5(CC5)CN4S(C)(=O)=O)CC3)cc21. The molecule has 0 bridgehead atoms. The summed E-state index contributed by atoms with van der Waals surface area (Å²) in [4.78, 5) is 34.5. The minimum atomic E-state index is -3.73. The van der Waals surface area contributed by atoms with E-state index in [4.69, 9.17) is 0 Å². The Morgan fingerprint density at radius 1 is 1.20 bits per heavy atom. The Morgan fingerprint density at radius 3 is 2.51 bits per heavy atom. The van der Waals surface area contributed by atoms with E-state index >= 15 is 0 Å². The third kappa shape index (κ3) is 4.38. The number of hydrogen-bond acceptors (Lipinski definition) is 7. The van der Waals surface area contributed by atoms with Gasteiger partial charge in [0, 0.05) is 45.0 Å². The van der Waals surface area contributed by atoms with Crippen LogP contribution in [0.25, 0.3) is 11.0 Å². The monoisotopic (exact) mass is 504 g/mol. The molecule has 2 unspecified atom stereocenters. The molecule has 1 aromatic heterocycles. The number of rotatable bonds is 5. The molecule has 2 amide bonds. The first-order valence-corrected chi connectivity index (χ1v) is 13.9. The van der Waals surface area contributed by atoms with Gasteiger partial charge in [0.05, 0.1) is 29.5 Å². The average Bonchev–Trinajstić information content (AvgIpc) is 3.47. The zero-order valence-corrected chi connectivity index (χ0v) is 20.9. The number of piperidine rings is 1. The van der Waals surface area contributed by atoms with E-state index in [2.05, 4.69) is 27.4 Å². The molecular formula is C23H32N6O5S. The molecule has 2 aliphatic heterocycles. The van der Waals surface area contributed by atoms with Crippen LogP contribution >= 0.6 is 0 Å². The molecule has 3 aliphatic rings. The Kier molecular flexibility index (Phi) is 6.01. The number of anilines is 1. The molecule has 1 spiro atoms. The highest BCUT2D eigenvalue weighted by Gasteiger charge is 2.58. The summed E-state index contributed by atoms with van der Waals surface area (Å²) < 4.78 is 28.6. The van der Waals surface area contributed by atoms with E-state index in [1.807, 2.05) is 18.5 Å². The minimum Gasteiger partial charge on any atom is -0.368 e. The molecule has 1 aliphatic carbocycles. The second-order valence-electron chi connectivity index (χ2n) is 10.1. The fraction of sp³-hybridized carbons (Fsp3) is 0.609. The maximum Gasteiger partial charge on any atom is 0.248 e. The molecule has 35 heavy (non-hydrogen) atoms. The lowest BCUT2D eigenvalue weighted by Gasteiger charge is -2.45. The summed E-state index contributed by atoms with van der Waals surface area (Å²) in [6.45, 7) is 5.13. The molecule has 2 N–H and O–H groups in total. The van der Waals surface area contributed by atoms with Gasteiger partial charge in [0.25, 0.3) is 0 Å². The number of benzene rings is 1. The molecule has 2 atom stereocenters. The van der Waals surface area contributed by atoms with Crippen molar-refractivity contribution in [1.29, 1.82) is 0 Å². The van der Waals surface area contributed by atoms with Gasteiger partial charge in [0.1, 0.15) is 6.04 Å². The summed E-state index contributed by atoms with van der Waals surface area (Å²) >= 11 is 0. The molecule has 3 fully saturated rings. The lowest BCUT2D eigenvalue weighted by Crippen LogP contribution is -2.63. The largest absolute Gasteiger partial charge is 0.368 e. The molecule has 2 aromatic rings. The van der Waals surface area contributed by atoms with Gasteiger partial charge in [0.2, 0.25) is 21.8 Å². The maximum absolute atomic E-state index is 13.7. The zero-order chi connectivity index (χ0) is 25.0. The standard InChI is InChI=1S/C23H32N6O5S/c1-3-26-15-24-18-5-4-16(12-19(18)26)27-8-10-28(11-9-27)22(31)20-17(21(30)25-32)13-23(6-7-23)14-29(20)35(2,33)34/h4-5,12,15,17,20,32H,3,6-11,13-14H2,1-2H3,(H,25,30). The van der Waals surface area contributed by atoms with E-state index in [9.17, 15) is 23.2 Å². The van der Waals surface area contributed by atoms with Crippen LogP contribution in [0.5, 0.6) is 0 Å². The Balaban J connectivity index is 1.34. The number of nitrogens with one attached hydrogen (secondary N) is 1. The number of hydrogen-bond donors (Lipinski definition) is 2. The number of aromatic nitrogens is 2. The molecular weight excluding hydrogens is 472 g/mol. The van der Waals surface area contributed by atoms with Gasteiger partial charge in [-0.1, -0.05) is 0 Å². The highest BCUT2D eigenvalue weighted by Crippen LogP contribution is 2.55. The number of carbonyl (C=O) groups is 2. The quantitative estimate of drug-likeness (QED) is 0.452. The molecule has 1 saturated carbocycles. The van der Waals surface area contributed by atoms with Crippen LogP contribution in [0.3, 0.4) is 0 Å². The third-order valence-electron chi connectivity index (χ3n) is 7.82. The van der Waals surface area contributed by atoms with Gasteiger partial charge in [-0.3, -0.25) is 14.8 Å². The van der Waals surface area contributed by atoms with E-state index in [0.717, 1.165) is 42.4 Å². The van der Waals surface area contributed by atoms with Gasteiger partial charge in [-0.25, -0.2) is 18.9 Å². The molecule has 12 heteroatoms. The zero-order valence-electron chi connectivity index (χ0n) is 20.1. The van der Waals surface area contributed by atoms with Crippen LogP contribution < -0.4 is 10.4 Å². The Labute approximate surface area is 204 Å². The molecule has 3 heterocycles. The van der Waals surface area contributed by atoms with Crippen molar-refractivity contribution < 1.29 is 23.2 Å². The van der Waals surface area contributed by atoms with Crippen molar-refractivity contribution in [1.82, 2.24) is 24.2 Å². The van der Waals surface area contributed by atoms with Crippen molar-refractivity contribution in [2.24, 2.45) is 11.3 Å². The number of amides is 2. The van der Waals surface area contributed by atoms with Crippen LogP contribution in [0.4, 0.5) is 5.69 Å². The van der Waals surface area contributed by atoms with Crippen molar-refractivity contribution in [2.45, 2.75) is 38.8 Å². The number of hydroxylamine groups is 1. The van der Waals surface area contributed by atoms with E-state index in [1.54, 1.807) is 10.4 Å². The van der Waals surface area contributed by atoms with Crippen LogP contribution in [0.2, 0.25) is 0 Å². The van der Waals surface area contributed by atoms with E-state index in [1.165, 1.54) is 4.31 Å². The van der Waals surface area contributed by atoms with Gasteiger partial charge < -0.3 is 14.4 Å². The van der Waals surface area contributed by atoms with E-state index < -0.39 is 27.9 Å². The van der Waals surface area contributed by atoms with Crippen LogP contribution in [0, 0.1) is 11.3 Å². The minimum absolute atomic E-state index is 0.239. The third-order valence-corrected chi connectivity index (χ3v) is 9.03. The predicted molar refractivity (Wildman–Crippen MR) is 129 cm³/mol. The average molecular weight is 505 g/mol. The lowest BCUT2D eigenvalue weighted by atomic mass is 9.81. The van der Waals surface area contributed by atoms with E-state index in [0.29, 0.717) is 32.6 Å². The van der Waals surface area contributed by atoms with Crippen molar-refractivity contribution in [2.75, 3.05) is 43.9 Å². The van der Waals surface area contributed by atoms with Crippen molar-refractivity contribution in [3.63, 3.8) is 0 Å². The van der Waals surface area contributed by atoms with Crippen LogP contribution in [0.15, 0.2) is 24.5 Å². The maximum atomic E-state index is 13.7. The van der Waals surface area contributed by atoms with Crippen molar-refractivity contribution in [3.05, 3.63) is 24.5 Å². The van der Waals surface area contributed by atoms with Gasteiger partial charge >= 0.3 is 0 Å². The number of sulfonamides is 1. The Hall–Kier alpha value is -2.70. The van der Waals surface area contributed by atoms with Gasteiger partial charge in [-0.15, -0.1) is 0 Å². The highest BCUT2D eigenvalue weighted by molar-refractivity contribution is 7.88. The Morgan fingerprint density at radius 2 is 1.91 bits per heavy atom. The normalized spacial score (nSPS) is 24.7. The van der Waals surface area contributed by atoms with Gasteiger partial charge in [0.15, 0.2) is 0 Å². The fourth-order valence-electron chi connectivity index (χ4n) is 5.62. The highest BCUT2D eigenvalue weighted by atomic mass is 32.2. The predicted octanol–water partition coefficient (Wildman–Crippen LogP) is 0.641. The number of carbonyl (C=O) groups excluding carboxylic acids is 2. The summed E-state index contributed by atoms with van der Waals surface area (Å²) in [5.41, 5.74) is 4.42. The number of imidazole rings is 1. The Bertz CT molecular complexity index is 1250. The summed E-state index contributed by atoms with van der Waals surface area (Å²) in [7, 11) is -3.73. The van der Waals surface area contributed by atoms with Gasteiger partial charge in [-0.2, -0.15) is 4.31 Å². The summed E-state index contributed by atoms with van der Waals surface area (Å²) in [6, 6.07) is 4.97. The number of fused-ring (bicyclic) bond motifs is 1. The second kappa shape index (κ2) is 8.75. The van der Waals surface area contributed by atoms with Crippen LogP contribution in [-0.4, -0.2) is 89.2 Å². The number of aryl methyl sites for hydroxylation is 1. The molecule has 0 radical (unpaired) electrons. The van der Waals surface area contributed by atoms with Crippen molar-refractivity contribution in [3.8, 4) is 0 Å². The first-order chi connectivity index (χ1) is 16.7. The number of nitrogens with zero attached hydrogens (tertiary/aromatic N) is 5. The van der Waals surface area contributed by atoms with Crippen LogP contribution in [0.1, 0.15) is 26.2 Å². The van der Waals surface area contributed by atoms with E-state index in [-0.39, 0.29) is 17.9 Å². The van der Waals surface area contributed by atoms with Crippen molar-refractivity contribution >= 4 is 38.6 Å². The summed E-state index contributed by atoms with van der Waals surface area (Å²) in [5.74, 6) is -2.01. The summed E-state index contributed by atoms with van der Waals surface area (Å²) in [6.07, 6.45) is 4.93. The molecule has 11 nitrogen and oxygen atoms in total. The smallest absolute Gasteiger partial charge is 0.248 e. The topological polar surface area (TPSA) is 128 Å².